The highest BCUT2D eigenvalue weighted by Gasteiger charge is 2.26. The second-order valence-corrected chi connectivity index (χ2v) is 10.5. The summed E-state index contributed by atoms with van der Waals surface area (Å²) in [6, 6.07) is 10.7. The Balaban J connectivity index is 1.43. The maximum atomic E-state index is 12.3. The summed E-state index contributed by atoms with van der Waals surface area (Å²) >= 11 is 0. The summed E-state index contributed by atoms with van der Waals surface area (Å²) in [6.45, 7) is 13.4. The average molecular weight is 509 g/mol. The summed E-state index contributed by atoms with van der Waals surface area (Å²) in [5.74, 6) is 0.570. The first-order chi connectivity index (χ1) is 17.7. The number of fused-ring (bicyclic) bond motifs is 1. The monoisotopic (exact) mass is 508 g/mol. The van der Waals surface area contributed by atoms with Crippen LogP contribution in [0.2, 0.25) is 0 Å². The van der Waals surface area contributed by atoms with Gasteiger partial charge in [-0.2, -0.15) is 4.98 Å². The number of nitrogens with one attached hydrogen (secondary N) is 1. The summed E-state index contributed by atoms with van der Waals surface area (Å²) in [7, 11) is 1.72. The fourth-order valence-corrected chi connectivity index (χ4v) is 4.80. The number of benzene rings is 1. The molecule has 0 atom stereocenters. The lowest BCUT2D eigenvalue weighted by Gasteiger charge is -2.36. The Hall–Kier alpha value is -3.33. The van der Waals surface area contributed by atoms with Gasteiger partial charge in [0.15, 0.2) is 0 Å². The lowest BCUT2D eigenvalue weighted by Crippen LogP contribution is -2.50. The number of anilines is 3. The molecule has 1 fully saturated rings. The molecule has 1 aliphatic heterocycles. The third kappa shape index (κ3) is 6.33. The van der Waals surface area contributed by atoms with Gasteiger partial charge in [-0.15, -0.1) is 0 Å². The molecule has 1 N–H and O–H groups in total. The molecule has 0 aliphatic carbocycles. The normalized spacial score (nSPS) is 14.5. The summed E-state index contributed by atoms with van der Waals surface area (Å²) in [5.41, 5.74) is 3.62. The summed E-state index contributed by atoms with van der Waals surface area (Å²) in [6.07, 6.45) is 3.68. The number of piperazine rings is 1. The van der Waals surface area contributed by atoms with Gasteiger partial charge < -0.3 is 29.2 Å². The second kappa shape index (κ2) is 11.4. The predicted octanol–water partition coefficient (Wildman–Crippen LogP) is 5.74. The molecule has 1 aromatic carbocycles. The Morgan fingerprint density at radius 3 is 2.35 bits per heavy atom. The van der Waals surface area contributed by atoms with Gasteiger partial charge in [-0.25, -0.2) is 9.78 Å². The molecule has 9 nitrogen and oxygen atoms in total. The molecule has 0 spiro atoms. The number of carbonyl (C=O) groups excluding carboxylic acids is 1. The number of hydrogen-bond donors (Lipinski definition) is 1. The molecule has 0 bridgehead atoms. The van der Waals surface area contributed by atoms with Gasteiger partial charge in [-0.05, 0) is 63.9 Å². The highest BCUT2D eigenvalue weighted by atomic mass is 16.6. The molecule has 0 saturated carbocycles. The summed E-state index contributed by atoms with van der Waals surface area (Å²) in [5, 5.41) is 4.38. The Bertz CT molecular complexity index is 1190. The fraction of sp³-hybridized carbons (Fsp3) is 0.536. The Kier molecular flexibility index (Phi) is 8.22. The van der Waals surface area contributed by atoms with E-state index in [4.69, 9.17) is 14.5 Å². The number of aromatic nitrogens is 3. The highest BCUT2D eigenvalue weighted by molar-refractivity contribution is 5.78. The van der Waals surface area contributed by atoms with Crippen molar-refractivity contribution in [3.8, 4) is 0 Å². The van der Waals surface area contributed by atoms with Gasteiger partial charge in [0.05, 0.1) is 6.61 Å². The van der Waals surface area contributed by atoms with Gasteiger partial charge >= 0.3 is 6.09 Å². The molecule has 3 aromatic rings. The van der Waals surface area contributed by atoms with E-state index in [1.165, 1.54) is 0 Å². The molecule has 4 rings (SSSR count). The van der Waals surface area contributed by atoms with E-state index in [-0.39, 0.29) is 6.09 Å². The minimum Gasteiger partial charge on any atom is -0.444 e. The van der Waals surface area contributed by atoms with Crippen LogP contribution in [0.5, 0.6) is 0 Å². The van der Waals surface area contributed by atoms with E-state index >= 15 is 0 Å². The predicted molar refractivity (Wildman–Crippen MR) is 148 cm³/mol. The number of methoxy groups -OCH3 is 1. The van der Waals surface area contributed by atoms with Gasteiger partial charge in [0.25, 0.3) is 0 Å². The lowest BCUT2D eigenvalue weighted by molar-refractivity contribution is 0.0240. The van der Waals surface area contributed by atoms with Crippen LogP contribution in [0, 0.1) is 0 Å². The summed E-state index contributed by atoms with van der Waals surface area (Å²) < 4.78 is 13.2. The zero-order valence-electron chi connectivity index (χ0n) is 23.0. The van der Waals surface area contributed by atoms with Crippen molar-refractivity contribution in [1.29, 1.82) is 0 Å². The zero-order chi connectivity index (χ0) is 26.6. The van der Waals surface area contributed by atoms with Crippen LogP contribution in [0.4, 0.5) is 22.1 Å². The van der Waals surface area contributed by atoms with E-state index in [2.05, 4.69) is 51.8 Å². The van der Waals surface area contributed by atoms with Gasteiger partial charge in [-0.3, -0.25) is 0 Å². The minimum atomic E-state index is -0.478. The smallest absolute Gasteiger partial charge is 0.410 e. The van der Waals surface area contributed by atoms with Crippen molar-refractivity contribution in [1.82, 2.24) is 19.4 Å². The number of carbonyl (C=O) groups is 1. The zero-order valence-corrected chi connectivity index (χ0v) is 23.0. The Morgan fingerprint density at radius 1 is 1.08 bits per heavy atom. The van der Waals surface area contributed by atoms with E-state index in [0.29, 0.717) is 31.7 Å². The molecule has 37 heavy (non-hydrogen) atoms. The second-order valence-electron chi connectivity index (χ2n) is 10.5. The van der Waals surface area contributed by atoms with Gasteiger partial charge in [0.1, 0.15) is 11.2 Å². The van der Waals surface area contributed by atoms with Crippen LogP contribution in [-0.2, 0) is 16.1 Å². The maximum Gasteiger partial charge on any atom is 0.410 e. The first kappa shape index (κ1) is 26.7. The van der Waals surface area contributed by atoms with Crippen LogP contribution in [0.15, 0.2) is 36.5 Å². The molecular weight excluding hydrogens is 468 g/mol. The number of hydrogen-bond acceptors (Lipinski definition) is 7. The molecule has 1 amide bonds. The average Bonchev–Trinajstić information content (AvgIpc) is 3.22. The van der Waals surface area contributed by atoms with Gasteiger partial charge in [-0.1, -0.05) is 13.8 Å². The standard InChI is InChI=1S/C28H40N6O3/c1-7-22(8-2)34-24(19-36-6)17-20-18-29-26(31-25(20)34)30-21-9-11-23(12-10-21)32-13-15-33(16-14-32)27(35)37-28(3,4)5/h9-12,17-18,22H,7-8,13-16,19H2,1-6H3,(H,29,30,31). The van der Waals surface area contributed by atoms with E-state index in [1.54, 1.807) is 12.0 Å². The third-order valence-electron chi connectivity index (χ3n) is 6.68. The molecule has 0 unspecified atom stereocenters. The number of ether oxygens (including phenoxy) is 2. The van der Waals surface area contributed by atoms with Crippen LogP contribution in [0.25, 0.3) is 11.0 Å². The molecule has 200 valence electrons. The fourth-order valence-electron chi connectivity index (χ4n) is 4.80. The van der Waals surface area contributed by atoms with Crippen LogP contribution < -0.4 is 10.2 Å². The van der Waals surface area contributed by atoms with Crippen LogP contribution >= 0.6 is 0 Å². The SMILES string of the molecule is CCC(CC)n1c(COC)cc2cnc(Nc3ccc(N4CCN(C(=O)OC(C)(C)C)CC4)cc3)nc21. The van der Waals surface area contributed by atoms with Crippen molar-refractivity contribution >= 4 is 34.4 Å². The molecule has 1 aliphatic rings. The maximum absolute atomic E-state index is 12.3. The van der Waals surface area contributed by atoms with Crippen LogP contribution in [0.3, 0.4) is 0 Å². The van der Waals surface area contributed by atoms with Crippen molar-refractivity contribution in [3.05, 3.63) is 42.2 Å². The molecular formula is C28H40N6O3. The van der Waals surface area contributed by atoms with E-state index in [1.807, 2.05) is 39.1 Å². The van der Waals surface area contributed by atoms with Crippen molar-refractivity contribution in [2.75, 3.05) is 43.5 Å². The highest BCUT2D eigenvalue weighted by Crippen LogP contribution is 2.28. The van der Waals surface area contributed by atoms with Crippen LogP contribution in [0.1, 0.15) is 59.2 Å². The lowest BCUT2D eigenvalue weighted by atomic mass is 10.1. The summed E-state index contributed by atoms with van der Waals surface area (Å²) in [4.78, 5) is 25.8. The van der Waals surface area contributed by atoms with E-state index in [9.17, 15) is 4.79 Å². The van der Waals surface area contributed by atoms with Gasteiger partial charge in [0, 0.05) is 68.0 Å². The first-order valence-electron chi connectivity index (χ1n) is 13.2. The van der Waals surface area contributed by atoms with E-state index in [0.717, 1.165) is 54.0 Å². The number of amides is 1. The van der Waals surface area contributed by atoms with Crippen molar-refractivity contribution < 1.29 is 14.3 Å². The van der Waals surface area contributed by atoms with Crippen molar-refractivity contribution in [2.45, 2.75) is 65.7 Å². The van der Waals surface area contributed by atoms with E-state index < -0.39 is 5.60 Å². The number of rotatable bonds is 8. The third-order valence-corrected chi connectivity index (χ3v) is 6.68. The van der Waals surface area contributed by atoms with Crippen molar-refractivity contribution in [2.24, 2.45) is 0 Å². The largest absolute Gasteiger partial charge is 0.444 e. The molecule has 0 radical (unpaired) electrons. The topological polar surface area (TPSA) is 84.8 Å². The molecule has 2 aromatic heterocycles. The molecule has 3 heterocycles. The quantitative estimate of drug-likeness (QED) is 0.415. The van der Waals surface area contributed by atoms with Crippen molar-refractivity contribution in [3.63, 3.8) is 0 Å². The minimum absolute atomic E-state index is 0.242. The molecule has 9 heteroatoms. The first-order valence-corrected chi connectivity index (χ1v) is 13.2. The van der Waals surface area contributed by atoms with Gasteiger partial charge in [0.2, 0.25) is 5.95 Å². The Morgan fingerprint density at radius 2 is 1.76 bits per heavy atom. The molecule has 1 saturated heterocycles. The number of nitrogens with zero attached hydrogens (tertiary/aromatic N) is 5. The van der Waals surface area contributed by atoms with Crippen LogP contribution in [-0.4, -0.2) is 64.4 Å². The Labute approximate surface area is 219 Å².